The first-order chi connectivity index (χ1) is 6.22. The van der Waals surface area contributed by atoms with Crippen LogP contribution in [0.5, 0.6) is 0 Å². The molecule has 1 atom stereocenters. The van der Waals surface area contributed by atoms with Crippen LogP contribution in [0.15, 0.2) is 0 Å². The first-order valence-electron chi connectivity index (χ1n) is 5.00. The van der Waals surface area contributed by atoms with E-state index in [2.05, 4.69) is 6.92 Å². The van der Waals surface area contributed by atoms with Crippen LogP contribution in [0.25, 0.3) is 0 Å². The topological polar surface area (TPSA) is 37.3 Å². The van der Waals surface area contributed by atoms with E-state index in [0.29, 0.717) is 0 Å². The van der Waals surface area contributed by atoms with Crippen molar-refractivity contribution >= 4 is 5.78 Å². The zero-order valence-electron chi connectivity index (χ0n) is 8.26. The summed E-state index contributed by atoms with van der Waals surface area (Å²) in [5.74, 6) is -0.459. The summed E-state index contributed by atoms with van der Waals surface area (Å²) in [5.41, 5.74) is 0. The van der Waals surface area contributed by atoms with E-state index in [1.54, 1.807) is 0 Å². The van der Waals surface area contributed by atoms with E-state index in [0.717, 1.165) is 25.7 Å². The molecule has 2 nitrogen and oxygen atoms in total. The van der Waals surface area contributed by atoms with Crippen LogP contribution >= 0.6 is 0 Å². The number of alkyl halides is 1. The summed E-state index contributed by atoms with van der Waals surface area (Å²) in [6.07, 6.45) is 3.79. The van der Waals surface area contributed by atoms with Crippen molar-refractivity contribution in [1.29, 1.82) is 0 Å². The molecule has 0 aliphatic heterocycles. The Bertz CT molecular complexity index is 137. The van der Waals surface area contributed by atoms with Gasteiger partial charge >= 0.3 is 0 Å². The van der Waals surface area contributed by atoms with E-state index in [-0.39, 0.29) is 6.42 Å². The lowest BCUT2D eigenvalue weighted by Crippen LogP contribution is -2.19. The molecule has 0 saturated heterocycles. The van der Waals surface area contributed by atoms with Gasteiger partial charge in [0, 0.05) is 6.42 Å². The van der Waals surface area contributed by atoms with Crippen LogP contribution < -0.4 is 0 Å². The number of hydrogen-bond donors (Lipinski definition) is 1. The molecule has 0 fully saturated rings. The second-order valence-corrected chi connectivity index (χ2v) is 3.28. The molecule has 1 N–H and O–H groups in total. The Labute approximate surface area is 79.1 Å². The normalized spacial score (nSPS) is 12.8. The molecule has 78 valence electrons. The van der Waals surface area contributed by atoms with Gasteiger partial charge in [-0.25, -0.2) is 4.39 Å². The second kappa shape index (κ2) is 8.17. The quantitative estimate of drug-likeness (QED) is 0.596. The molecule has 0 saturated carbocycles. The molecule has 0 aromatic carbocycles. The fourth-order valence-electron chi connectivity index (χ4n) is 1.16. The summed E-state index contributed by atoms with van der Waals surface area (Å²) in [4.78, 5) is 10.9. The van der Waals surface area contributed by atoms with Crippen LogP contribution in [0.4, 0.5) is 4.39 Å². The Morgan fingerprint density at radius 3 is 2.46 bits per heavy atom. The smallest absolute Gasteiger partial charge is 0.181 e. The number of aliphatic hydroxyl groups is 1. The van der Waals surface area contributed by atoms with E-state index in [1.807, 2.05) is 0 Å². The van der Waals surface area contributed by atoms with Crippen LogP contribution in [0, 0.1) is 0 Å². The second-order valence-electron chi connectivity index (χ2n) is 3.28. The third kappa shape index (κ3) is 6.70. The Kier molecular flexibility index (Phi) is 7.90. The molecule has 0 aromatic rings. The maximum Gasteiger partial charge on any atom is 0.181 e. The van der Waals surface area contributed by atoms with Crippen LogP contribution in [-0.2, 0) is 4.79 Å². The van der Waals surface area contributed by atoms with E-state index >= 15 is 0 Å². The Morgan fingerprint density at radius 1 is 1.31 bits per heavy atom. The molecule has 0 amide bonds. The highest BCUT2D eigenvalue weighted by Crippen LogP contribution is 2.07. The molecular formula is C10H19FO2. The van der Waals surface area contributed by atoms with Crippen LogP contribution in [0.3, 0.4) is 0 Å². The van der Waals surface area contributed by atoms with E-state index in [4.69, 9.17) is 5.11 Å². The number of ketones is 1. The Balaban J connectivity index is 3.27. The molecule has 13 heavy (non-hydrogen) atoms. The van der Waals surface area contributed by atoms with Gasteiger partial charge in [-0.2, -0.15) is 0 Å². The van der Waals surface area contributed by atoms with Crippen molar-refractivity contribution in [2.75, 3.05) is 6.61 Å². The van der Waals surface area contributed by atoms with E-state index < -0.39 is 18.6 Å². The number of carbonyl (C=O) groups excluding carboxylic acids is 1. The van der Waals surface area contributed by atoms with Crippen molar-refractivity contribution < 1.29 is 14.3 Å². The first kappa shape index (κ1) is 12.6. The Hall–Kier alpha value is -0.440. The van der Waals surface area contributed by atoms with Gasteiger partial charge in [-0.3, -0.25) is 4.79 Å². The van der Waals surface area contributed by atoms with E-state index in [1.165, 1.54) is 6.42 Å². The SMILES string of the molecule is CCCCCCCC(=O)C(F)CO. The highest BCUT2D eigenvalue weighted by atomic mass is 19.1. The van der Waals surface area contributed by atoms with Gasteiger partial charge in [-0.05, 0) is 6.42 Å². The lowest BCUT2D eigenvalue weighted by molar-refractivity contribution is -0.125. The monoisotopic (exact) mass is 190 g/mol. The van der Waals surface area contributed by atoms with Crippen molar-refractivity contribution in [3.05, 3.63) is 0 Å². The fraction of sp³-hybridized carbons (Fsp3) is 0.900. The van der Waals surface area contributed by atoms with Gasteiger partial charge in [-0.1, -0.05) is 32.6 Å². The first-order valence-corrected chi connectivity index (χ1v) is 5.00. The average Bonchev–Trinajstić information content (AvgIpc) is 2.16. The zero-order chi connectivity index (χ0) is 10.1. The third-order valence-electron chi connectivity index (χ3n) is 2.04. The van der Waals surface area contributed by atoms with Crippen molar-refractivity contribution in [1.82, 2.24) is 0 Å². The number of hydrogen-bond acceptors (Lipinski definition) is 2. The number of carbonyl (C=O) groups is 1. The molecule has 3 heteroatoms. The molecule has 0 aromatic heterocycles. The highest BCUT2D eigenvalue weighted by Gasteiger charge is 2.14. The molecule has 0 rings (SSSR count). The van der Waals surface area contributed by atoms with Gasteiger partial charge in [0.25, 0.3) is 0 Å². The maximum atomic E-state index is 12.5. The van der Waals surface area contributed by atoms with Crippen molar-refractivity contribution in [2.45, 2.75) is 51.6 Å². The molecule has 0 aliphatic carbocycles. The molecule has 1 unspecified atom stereocenters. The summed E-state index contributed by atoms with van der Waals surface area (Å²) in [7, 11) is 0. The van der Waals surface area contributed by atoms with Crippen LogP contribution in [0.1, 0.15) is 45.4 Å². The molecular weight excluding hydrogens is 171 g/mol. The Morgan fingerprint density at radius 2 is 1.92 bits per heavy atom. The van der Waals surface area contributed by atoms with Crippen LogP contribution in [-0.4, -0.2) is 23.7 Å². The van der Waals surface area contributed by atoms with Crippen LogP contribution in [0.2, 0.25) is 0 Å². The lowest BCUT2D eigenvalue weighted by atomic mass is 10.1. The number of unbranched alkanes of at least 4 members (excludes halogenated alkanes) is 4. The van der Waals surface area contributed by atoms with Crippen molar-refractivity contribution in [3.8, 4) is 0 Å². The average molecular weight is 190 g/mol. The van der Waals surface area contributed by atoms with Gasteiger partial charge in [0.2, 0.25) is 0 Å². The summed E-state index contributed by atoms with van der Waals surface area (Å²) in [5, 5.41) is 8.35. The largest absolute Gasteiger partial charge is 0.393 e. The van der Waals surface area contributed by atoms with Gasteiger partial charge in [-0.15, -0.1) is 0 Å². The number of Topliss-reactive ketones (excluding diaryl/α,β-unsaturated/α-hetero) is 1. The minimum atomic E-state index is -1.66. The zero-order valence-corrected chi connectivity index (χ0v) is 8.26. The van der Waals surface area contributed by atoms with Gasteiger partial charge < -0.3 is 5.11 Å². The maximum absolute atomic E-state index is 12.5. The van der Waals surface area contributed by atoms with Crippen molar-refractivity contribution in [2.24, 2.45) is 0 Å². The third-order valence-corrected chi connectivity index (χ3v) is 2.04. The summed E-state index contributed by atoms with van der Waals surface area (Å²) >= 11 is 0. The fourth-order valence-corrected chi connectivity index (χ4v) is 1.16. The number of rotatable bonds is 8. The molecule has 0 aliphatic rings. The summed E-state index contributed by atoms with van der Waals surface area (Å²) in [6.45, 7) is 1.45. The van der Waals surface area contributed by atoms with E-state index in [9.17, 15) is 9.18 Å². The number of halogens is 1. The van der Waals surface area contributed by atoms with Gasteiger partial charge in [0.05, 0.1) is 6.61 Å². The standard InChI is InChI=1S/C10H19FO2/c1-2-3-4-5-6-7-10(13)9(11)8-12/h9,12H,2-8H2,1H3. The molecule has 0 spiro atoms. The lowest BCUT2D eigenvalue weighted by Gasteiger charge is -2.03. The minimum Gasteiger partial charge on any atom is -0.393 e. The number of aliphatic hydroxyl groups excluding tert-OH is 1. The summed E-state index contributed by atoms with van der Waals surface area (Å²) in [6, 6.07) is 0. The predicted molar refractivity (Wildman–Crippen MR) is 50.4 cm³/mol. The van der Waals surface area contributed by atoms with Crippen molar-refractivity contribution in [3.63, 3.8) is 0 Å². The predicted octanol–water partition coefficient (Wildman–Crippen LogP) is 2.25. The molecule has 0 bridgehead atoms. The van der Waals surface area contributed by atoms with Gasteiger partial charge in [0.15, 0.2) is 12.0 Å². The molecule has 0 heterocycles. The summed E-state index contributed by atoms with van der Waals surface area (Å²) < 4.78 is 12.5. The molecule has 0 radical (unpaired) electrons. The minimum absolute atomic E-state index is 0.269. The van der Waals surface area contributed by atoms with Gasteiger partial charge in [0.1, 0.15) is 0 Å². The highest BCUT2D eigenvalue weighted by molar-refractivity contribution is 5.82.